The van der Waals surface area contributed by atoms with Crippen molar-refractivity contribution in [1.82, 2.24) is 14.5 Å². The molecule has 11 heteroatoms. The minimum atomic E-state index is -0.750. The van der Waals surface area contributed by atoms with Crippen LogP contribution in [0.5, 0.6) is 23.1 Å². The predicted octanol–water partition coefficient (Wildman–Crippen LogP) is 3.83. The molecule has 1 aliphatic rings. The predicted molar refractivity (Wildman–Crippen MR) is 141 cm³/mol. The fourth-order valence-electron chi connectivity index (χ4n) is 4.35. The zero-order valence-corrected chi connectivity index (χ0v) is 22.2. The highest BCUT2D eigenvalue weighted by molar-refractivity contribution is 6.30. The number of para-hydroxylation sites is 1. The lowest BCUT2D eigenvalue weighted by Gasteiger charge is -2.32. The molecule has 2 aromatic carbocycles. The van der Waals surface area contributed by atoms with Gasteiger partial charge in [-0.2, -0.15) is 4.98 Å². The average molecular weight is 544 g/mol. The molecule has 2 heterocycles. The lowest BCUT2D eigenvalue weighted by Crippen LogP contribution is -2.44. The number of benzene rings is 2. The molecule has 1 aromatic heterocycles. The number of hydrogen-bond acceptors (Lipinski definition) is 8. The van der Waals surface area contributed by atoms with Crippen molar-refractivity contribution >= 4 is 17.5 Å². The van der Waals surface area contributed by atoms with Crippen molar-refractivity contribution in [3.8, 4) is 28.8 Å². The summed E-state index contributed by atoms with van der Waals surface area (Å²) in [6, 6.07) is 12.1. The number of halogens is 1. The largest absolute Gasteiger partial charge is 0.494 e. The SMILES string of the molecule is CCOCc1nc(O)c(C(=O)N2CCC(Oc3ccc(Cl)cc3)CC2)c(=O)n1-c1c(OC)cccc1OC. The molecule has 202 valence electrons. The second-order valence-corrected chi connectivity index (χ2v) is 9.02. The van der Waals surface area contributed by atoms with E-state index in [4.69, 9.17) is 30.5 Å². The van der Waals surface area contributed by atoms with Gasteiger partial charge in [0.15, 0.2) is 5.56 Å². The topological polar surface area (TPSA) is 112 Å². The highest BCUT2D eigenvalue weighted by atomic mass is 35.5. The standard InChI is InChI=1S/C27H30ClN3O7/c1-4-37-16-22-29-25(32)23(27(34)31(22)24-20(35-2)6-5-7-21(24)36-3)26(33)30-14-12-19(13-15-30)38-18-10-8-17(28)9-11-18/h5-11,19,32H,4,12-16H2,1-3H3. The van der Waals surface area contributed by atoms with Crippen LogP contribution in [0.2, 0.25) is 5.02 Å². The first-order valence-corrected chi connectivity index (χ1v) is 12.6. The van der Waals surface area contributed by atoms with Crippen LogP contribution < -0.4 is 19.8 Å². The zero-order valence-electron chi connectivity index (χ0n) is 21.5. The van der Waals surface area contributed by atoms with Gasteiger partial charge in [-0.1, -0.05) is 17.7 Å². The molecule has 1 N–H and O–H groups in total. The van der Waals surface area contributed by atoms with Crippen LogP contribution in [-0.4, -0.2) is 65.5 Å². The fraction of sp³-hybridized carbons (Fsp3) is 0.370. The highest BCUT2D eigenvalue weighted by Gasteiger charge is 2.31. The van der Waals surface area contributed by atoms with E-state index in [0.29, 0.717) is 54.8 Å². The van der Waals surface area contributed by atoms with Gasteiger partial charge in [0, 0.05) is 37.6 Å². The summed E-state index contributed by atoms with van der Waals surface area (Å²) >= 11 is 5.94. The number of aromatic nitrogens is 2. The molecule has 0 unspecified atom stereocenters. The van der Waals surface area contributed by atoms with E-state index in [-0.39, 0.29) is 24.2 Å². The summed E-state index contributed by atoms with van der Waals surface area (Å²) in [6.45, 7) is 2.75. The van der Waals surface area contributed by atoms with Gasteiger partial charge in [0.25, 0.3) is 11.5 Å². The summed E-state index contributed by atoms with van der Waals surface area (Å²) in [4.78, 5) is 33.1. The van der Waals surface area contributed by atoms with Crippen LogP contribution in [0.1, 0.15) is 35.9 Å². The number of aromatic hydroxyl groups is 1. The molecule has 4 rings (SSSR count). The summed E-state index contributed by atoms with van der Waals surface area (Å²) in [5.74, 6) is 0.184. The minimum absolute atomic E-state index is 0.0809. The van der Waals surface area contributed by atoms with Gasteiger partial charge in [0.05, 0.1) is 14.2 Å². The Morgan fingerprint density at radius 3 is 2.29 bits per heavy atom. The maximum atomic E-state index is 13.8. The summed E-state index contributed by atoms with van der Waals surface area (Å²) in [7, 11) is 2.92. The van der Waals surface area contributed by atoms with Gasteiger partial charge >= 0.3 is 0 Å². The monoisotopic (exact) mass is 543 g/mol. The maximum absolute atomic E-state index is 13.8. The molecule has 3 aromatic rings. The Labute approximate surface area is 225 Å². The molecule has 0 saturated carbocycles. The molecule has 1 amide bonds. The van der Waals surface area contributed by atoms with Crippen LogP contribution >= 0.6 is 11.6 Å². The van der Waals surface area contributed by atoms with Crippen molar-refractivity contribution in [2.75, 3.05) is 33.9 Å². The molecule has 1 saturated heterocycles. The van der Waals surface area contributed by atoms with E-state index in [2.05, 4.69) is 4.98 Å². The van der Waals surface area contributed by atoms with Gasteiger partial charge in [-0.05, 0) is 43.3 Å². The summed E-state index contributed by atoms with van der Waals surface area (Å²) < 4.78 is 23.7. The molecule has 0 aliphatic carbocycles. The van der Waals surface area contributed by atoms with Crippen LogP contribution in [0.4, 0.5) is 0 Å². The van der Waals surface area contributed by atoms with Crippen LogP contribution in [-0.2, 0) is 11.3 Å². The van der Waals surface area contributed by atoms with Crippen LogP contribution in [0.15, 0.2) is 47.3 Å². The zero-order chi connectivity index (χ0) is 27.2. The third-order valence-corrected chi connectivity index (χ3v) is 6.51. The van der Waals surface area contributed by atoms with Crippen LogP contribution in [0, 0.1) is 0 Å². The molecule has 10 nitrogen and oxygen atoms in total. The van der Waals surface area contributed by atoms with Gasteiger partial charge in [-0.25, -0.2) is 0 Å². The number of carbonyl (C=O) groups is 1. The van der Waals surface area contributed by atoms with Gasteiger partial charge in [0.1, 0.15) is 41.5 Å². The van der Waals surface area contributed by atoms with Gasteiger partial charge in [0.2, 0.25) is 5.88 Å². The molecular formula is C27H30ClN3O7. The quantitative estimate of drug-likeness (QED) is 0.433. The van der Waals surface area contributed by atoms with Gasteiger partial charge in [-0.15, -0.1) is 0 Å². The normalized spacial score (nSPS) is 13.8. The van der Waals surface area contributed by atoms with E-state index in [9.17, 15) is 14.7 Å². The molecule has 0 spiro atoms. The molecule has 0 atom stereocenters. The summed E-state index contributed by atoms with van der Waals surface area (Å²) in [5, 5.41) is 11.4. The number of amides is 1. The Hall–Kier alpha value is -3.76. The van der Waals surface area contributed by atoms with Gasteiger partial charge in [-0.3, -0.25) is 14.2 Å². The molecular weight excluding hydrogens is 514 g/mol. The van der Waals surface area contributed by atoms with E-state index < -0.39 is 22.9 Å². The first-order valence-electron chi connectivity index (χ1n) is 12.2. The lowest BCUT2D eigenvalue weighted by molar-refractivity contribution is 0.0589. The van der Waals surface area contributed by atoms with Crippen molar-refractivity contribution < 1.29 is 28.8 Å². The van der Waals surface area contributed by atoms with Crippen molar-refractivity contribution in [2.24, 2.45) is 0 Å². The van der Waals surface area contributed by atoms with Crippen molar-refractivity contribution in [3.63, 3.8) is 0 Å². The van der Waals surface area contributed by atoms with E-state index in [0.717, 1.165) is 0 Å². The maximum Gasteiger partial charge on any atom is 0.275 e. The Morgan fingerprint density at radius 1 is 1.08 bits per heavy atom. The van der Waals surface area contributed by atoms with Crippen LogP contribution in [0.25, 0.3) is 5.69 Å². The third-order valence-electron chi connectivity index (χ3n) is 6.25. The number of nitrogens with zero attached hydrogens (tertiary/aromatic N) is 3. The lowest BCUT2D eigenvalue weighted by atomic mass is 10.1. The minimum Gasteiger partial charge on any atom is -0.494 e. The summed E-state index contributed by atoms with van der Waals surface area (Å²) in [6.07, 6.45) is 1.01. The van der Waals surface area contributed by atoms with E-state index >= 15 is 0 Å². The number of carbonyl (C=O) groups excluding carboxylic acids is 1. The fourth-order valence-corrected chi connectivity index (χ4v) is 4.48. The van der Waals surface area contributed by atoms with Gasteiger partial charge < -0.3 is 29.0 Å². The molecule has 0 radical (unpaired) electrons. The number of ether oxygens (including phenoxy) is 4. The first kappa shape index (κ1) is 27.3. The number of hydrogen-bond donors (Lipinski definition) is 1. The highest BCUT2D eigenvalue weighted by Crippen LogP contribution is 2.33. The Balaban J connectivity index is 1.65. The Morgan fingerprint density at radius 2 is 1.71 bits per heavy atom. The average Bonchev–Trinajstić information content (AvgIpc) is 2.93. The molecule has 1 aliphatic heterocycles. The first-order chi connectivity index (χ1) is 18.4. The van der Waals surface area contributed by atoms with E-state index in [1.165, 1.54) is 23.7 Å². The number of methoxy groups -OCH3 is 2. The molecule has 38 heavy (non-hydrogen) atoms. The molecule has 1 fully saturated rings. The summed E-state index contributed by atoms with van der Waals surface area (Å²) in [5.41, 5.74) is -0.927. The van der Waals surface area contributed by atoms with E-state index in [1.54, 1.807) is 49.4 Å². The second kappa shape index (κ2) is 12.2. The second-order valence-electron chi connectivity index (χ2n) is 8.58. The number of likely N-dealkylation sites (tertiary alicyclic amines) is 1. The third kappa shape index (κ3) is 5.71. The van der Waals surface area contributed by atoms with Crippen molar-refractivity contribution in [2.45, 2.75) is 32.5 Å². The number of piperidine rings is 1. The van der Waals surface area contributed by atoms with Crippen molar-refractivity contribution in [1.29, 1.82) is 0 Å². The number of rotatable bonds is 9. The Bertz CT molecular complexity index is 1310. The van der Waals surface area contributed by atoms with Crippen LogP contribution in [0.3, 0.4) is 0 Å². The van der Waals surface area contributed by atoms with E-state index in [1.807, 2.05) is 0 Å². The molecule has 0 bridgehead atoms. The Kier molecular flexibility index (Phi) is 8.75. The smallest absolute Gasteiger partial charge is 0.275 e. The van der Waals surface area contributed by atoms with Crippen molar-refractivity contribution in [3.05, 3.63) is 69.2 Å².